The van der Waals surface area contributed by atoms with E-state index >= 15 is 0 Å². The fraction of sp³-hybridized carbons (Fsp3) is 0.143. The number of ketones is 1. The lowest BCUT2D eigenvalue weighted by Gasteiger charge is -2.08. The number of carbonyl (C=O) groups excluding carboxylic acids is 1. The highest BCUT2D eigenvalue weighted by Gasteiger charge is 2.17. The Balaban J connectivity index is 2.51. The summed E-state index contributed by atoms with van der Waals surface area (Å²) >= 11 is 0. The summed E-state index contributed by atoms with van der Waals surface area (Å²) in [5, 5.41) is 0. The van der Waals surface area contributed by atoms with Crippen LogP contribution in [0, 0.1) is 12.7 Å². The molecule has 1 aromatic carbocycles. The molecule has 3 nitrogen and oxygen atoms in total. The second-order valence-corrected chi connectivity index (χ2v) is 3.85. The van der Waals surface area contributed by atoms with Gasteiger partial charge < -0.3 is 4.74 Å². The monoisotopic (exact) mass is 245 g/mol. The topological polar surface area (TPSA) is 39.2 Å². The number of ether oxygens (including phenoxy) is 1. The number of nitrogens with zero attached hydrogens (tertiary/aromatic N) is 1. The maximum atomic E-state index is 13.2. The van der Waals surface area contributed by atoms with Crippen molar-refractivity contribution < 1.29 is 13.9 Å². The van der Waals surface area contributed by atoms with Crippen molar-refractivity contribution in [3.8, 4) is 5.88 Å². The number of rotatable bonds is 3. The Hall–Kier alpha value is -2.23. The Morgan fingerprint density at radius 2 is 2.06 bits per heavy atom. The predicted molar refractivity (Wildman–Crippen MR) is 65.4 cm³/mol. The smallest absolute Gasteiger partial charge is 0.224 e. The van der Waals surface area contributed by atoms with Gasteiger partial charge >= 0.3 is 0 Å². The molecule has 0 unspecified atom stereocenters. The van der Waals surface area contributed by atoms with Gasteiger partial charge in [0.2, 0.25) is 5.88 Å². The zero-order valence-corrected chi connectivity index (χ0v) is 10.1. The van der Waals surface area contributed by atoms with E-state index in [0.717, 1.165) is 0 Å². The van der Waals surface area contributed by atoms with Crippen LogP contribution >= 0.6 is 0 Å². The van der Waals surface area contributed by atoms with Crippen molar-refractivity contribution in [1.29, 1.82) is 0 Å². The van der Waals surface area contributed by atoms with Crippen LogP contribution < -0.4 is 4.74 Å². The zero-order chi connectivity index (χ0) is 13.1. The minimum Gasteiger partial charge on any atom is -0.480 e. The summed E-state index contributed by atoms with van der Waals surface area (Å²) in [6.07, 6.45) is 1.54. The van der Waals surface area contributed by atoms with Crippen molar-refractivity contribution in [1.82, 2.24) is 4.98 Å². The van der Waals surface area contributed by atoms with E-state index in [2.05, 4.69) is 4.98 Å². The van der Waals surface area contributed by atoms with Gasteiger partial charge in [-0.05, 0) is 36.8 Å². The Morgan fingerprint density at radius 1 is 1.28 bits per heavy atom. The summed E-state index contributed by atoms with van der Waals surface area (Å²) in [5.74, 6) is -0.491. The molecule has 0 spiro atoms. The molecule has 18 heavy (non-hydrogen) atoms. The number of methoxy groups -OCH3 is 1. The molecular weight excluding hydrogens is 233 g/mol. The summed E-state index contributed by atoms with van der Waals surface area (Å²) in [5.41, 5.74) is 1.36. The van der Waals surface area contributed by atoms with Gasteiger partial charge in [0.25, 0.3) is 0 Å². The lowest BCUT2D eigenvalue weighted by molar-refractivity contribution is 0.103. The maximum absolute atomic E-state index is 13.2. The highest BCUT2D eigenvalue weighted by atomic mass is 19.1. The molecule has 4 heteroatoms. The molecule has 0 fully saturated rings. The van der Waals surface area contributed by atoms with Crippen molar-refractivity contribution >= 4 is 5.78 Å². The van der Waals surface area contributed by atoms with Crippen molar-refractivity contribution in [2.45, 2.75) is 6.92 Å². The van der Waals surface area contributed by atoms with E-state index in [1.54, 1.807) is 25.1 Å². The second-order valence-electron chi connectivity index (χ2n) is 3.85. The first-order valence-electron chi connectivity index (χ1n) is 5.43. The molecular formula is C14H12FNO2. The highest BCUT2D eigenvalue weighted by Crippen LogP contribution is 2.21. The van der Waals surface area contributed by atoms with Crippen molar-refractivity contribution in [3.63, 3.8) is 0 Å². The molecule has 0 bridgehead atoms. The van der Waals surface area contributed by atoms with E-state index in [1.807, 2.05) is 0 Å². The SMILES string of the molecule is COc1ncccc1C(=O)c1cc(F)ccc1C. The normalized spacial score (nSPS) is 10.2. The first kappa shape index (κ1) is 12.2. The number of hydrogen-bond donors (Lipinski definition) is 0. The van der Waals surface area contributed by atoms with Crippen LogP contribution in [-0.2, 0) is 0 Å². The van der Waals surface area contributed by atoms with Gasteiger partial charge in [-0.2, -0.15) is 0 Å². The average Bonchev–Trinajstić information content (AvgIpc) is 2.40. The summed E-state index contributed by atoms with van der Waals surface area (Å²) in [7, 11) is 1.44. The van der Waals surface area contributed by atoms with E-state index in [4.69, 9.17) is 4.74 Å². The molecule has 0 aliphatic heterocycles. The molecule has 2 aromatic rings. The largest absolute Gasteiger partial charge is 0.480 e. The molecule has 0 aliphatic rings. The summed E-state index contributed by atoms with van der Waals surface area (Å²) in [4.78, 5) is 16.3. The van der Waals surface area contributed by atoms with Gasteiger partial charge in [-0.1, -0.05) is 6.07 Å². The molecule has 92 valence electrons. The van der Waals surface area contributed by atoms with Crippen LogP contribution in [0.15, 0.2) is 36.5 Å². The van der Waals surface area contributed by atoms with Crippen LogP contribution in [0.2, 0.25) is 0 Å². The van der Waals surface area contributed by atoms with Gasteiger partial charge in [0, 0.05) is 11.8 Å². The Bertz CT molecular complexity index is 596. The minimum absolute atomic E-state index is 0.242. The first-order chi connectivity index (χ1) is 8.63. The van der Waals surface area contributed by atoms with E-state index < -0.39 is 5.82 Å². The summed E-state index contributed by atoms with van der Waals surface area (Å²) in [6.45, 7) is 1.76. The molecule has 1 heterocycles. The lowest BCUT2D eigenvalue weighted by Crippen LogP contribution is -2.07. The van der Waals surface area contributed by atoms with Crippen LogP contribution in [0.5, 0.6) is 5.88 Å². The number of aromatic nitrogens is 1. The van der Waals surface area contributed by atoms with Gasteiger partial charge in [-0.25, -0.2) is 9.37 Å². The van der Waals surface area contributed by atoms with Gasteiger partial charge in [0.15, 0.2) is 5.78 Å². The Kier molecular flexibility index (Phi) is 3.37. The summed E-state index contributed by atoms with van der Waals surface area (Å²) in [6, 6.07) is 7.38. The molecule has 0 radical (unpaired) electrons. The fourth-order valence-electron chi connectivity index (χ4n) is 1.71. The summed E-state index contributed by atoms with van der Waals surface area (Å²) < 4.78 is 18.2. The van der Waals surface area contributed by atoms with Gasteiger partial charge in [-0.3, -0.25) is 4.79 Å². The minimum atomic E-state index is -0.438. The van der Waals surface area contributed by atoms with E-state index in [1.165, 1.54) is 25.4 Å². The predicted octanol–water partition coefficient (Wildman–Crippen LogP) is 2.77. The molecule has 0 saturated heterocycles. The third-order valence-electron chi connectivity index (χ3n) is 2.65. The zero-order valence-electron chi connectivity index (χ0n) is 10.1. The number of hydrogen-bond acceptors (Lipinski definition) is 3. The number of carbonyl (C=O) groups is 1. The number of aryl methyl sites for hydroxylation is 1. The number of benzene rings is 1. The van der Waals surface area contributed by atoms with E-state index in [-0.39, 0.29) is 11.7 Å². The first-order valence-corrected chi connectivity index (χ1v) is 5.43. The Labute approximate surface area is 104 Å². The molecule has 0 atom stereocenters. The van der Waals surface area contributed by atoms with Crippen LogP contribution in [0.1, 0.15) is 21.5 Å². The molecule has 0 saturated carbocycles. The Morgan fingerprint density at radius 3 is 2.78 bits per heavy atom. The molecule has 0 aliphatic carbocycles. The lowest BCUT2D eigenvalue weighted by atomic mass is 10.00. The maximum Gasteiger partial charge on any atom is 0.224 e. The fourth-order valence-corrected chi connectivity index (χ4v) is 1.71. The van der Waals surface area contributed by atoms with Gasteiger partial charge in [-0.15, -0.1) is 0 Å². The number of pyridine rings is 1. The third-order valence-corrected chi connectivity index (χ3v) is 2.65. The van der Waals surface area contributed by atoms with E-state index in [9.17, 15) is 9.18 Å². The number of halogens is 1. The van der Waals surface area contributed by atoms with Crippen LogP contribution in [0.3, 0.4) is 0 Å². The van der Waals surface area contributed by atoms with Crippen LogP contribution in [0.4, 0.5) is 4.39 Å². The molecule has 1 aromatic heterocycles. The standard InChI is InChI=1S/C14H12FNO2/c1-9-5-6-10(15)8-12(9)13(17)11-4-3-7-16-14(11)18-2/h3-8H,1-2H3. The highest BCUT2D eigenvalue weighted by molar-refractivity contribution is 6.11. The van der Waals surface area contributed by atoms with Crippen molar-refractivity contribution in [2.24, 2.45) is 0 Å². The quantitative estimate of drug-likeness (QED) is 0.780. The second kappa shape index (κ2) is 4.96. The molecule has 2 rings (SSSR count). The van der Waals surface area contributed by atoms with Crippen LogP contribution in [-0.4, -0.2) is 17.9 Å². The molecule has 0 amide bonds. The van der Waals surface area contributed by atoms with E-state index in [0.29, 0.717) is 16.7 Å². The van der Waals surface area contributed by atoms with Crippen LogP contribution in [0.25, 0.3) is 0 Å². The van der Waals surface area contributed by atoms with Gasteiger partial charge in [0.1, 0.15) is 5.82 Å². The van der Waals surface area contributed by atoms with Crippen molar-refractivity contribution in [3.05, 3.63) is 59.0 Å². The molecule has 0 N–H and O–H groups in total. The van der Waals surface area contributed by atoms with Gasteiger partial charge in [0.05, 0.1) is 12.7 Å². The van der Waals surface area contributed by atoms with Crippen molar-refractivity contribution in [2.75, 3.05) is 7.11 Å². The third kappa shape index (κ3) is 2.22. The average molecular weight is 245 g/mol.